The molecule has 0 bridgehead atoms. The van der Waals surface area contributed by atoms with Crippen molar-refractivity contribution < 1.29 is 9.69 Å². The number of hydrogen-bond acceptors (Lipinski definition) is 3. The van der Waals surface area contributed by atoms with Gasteiger partial charge in [0.25, 0.3) is 0 Å². The normalized spacial score (nSPS) is 15.6. The van der Waals surface area contributed by atoms with Crippen LogP contribution in [-0.2, 0) is 4.79 Å². The summed E-state index contributed by atoms with van der Waals surface area (Å²) in [5, 5.41) is 3.93. The summed E-state index contributed by atoms with van der Waals surface area (Å²) < 4.78 is 0. The maximum Gasteiger partial charge on any atom is 0.234 e. The first kappa shape index (κ1) is 19.5. The van der Waals surface area contributed by atoms with Crippen LogP contribution in [0.2, 0.25) is 0 Å². The van der Waals surface area contributed by atoms with Crippen LogP contribution in [-0.4, -0.2) is 55.0 Å². The average molecular weight is 384 g/mol. The third kappa shape index (κ3) is 5.84. The number of carbonyl (C=O) groups excluding carboxylic acids is 1. The molecule has 142 valence electrons. The van der Waals surface area contributed by atoms with Crippen molar-refractivity contribution in [3.05, 3.63) is 60.2 Å². The maximum absolute atomic E-state index is 12.4. The molecule has 0 spiro atoms. The Labute approximate surface area is 165 Å². The molecule has 0 unspecified atom stereocenters. The Kier molecular flexibility index (Phi) is 6.90. The van der Waals surface area contributed by atoms with Crippen LogP contribution in [0.25, 0.3) is 0 Å². The Morgan fingerprint density at radius 1 is 1.11 bits per heavy atom. The Morgan fingerprint density at radius 2 is 1.78 bits per heavy atom. The monoisotopic (exact) mass is 383 g/mol. The molecule has 1 aliphatic rings. The molecule has 2 aromatic rings. The SMILES string of the molecule is Cc1ccccc1NC(=O)CSC(=Nc1ccccc1)N1CC[NH+](C)CC1. The fraction of sp³-hybridized carbons (Fsp3) is 0.333. The number of aliphatic imine (C=N–C) groups is 1. The van der Waals surface area contributed by atoms with Crippen molar-refractivity contribution in [3.8, 4) is 0 Å². The van der Waals surface area contributed by atoms with Crippen LogP contribution >= 0.6 is 11.8 Å². The summed E-state index contributed by atoms with van der Waals surface area (Å²) in [6.45, 7) is 6.10. The summed E-state index contributed by atoms with van der Waals surface area (Å²) in [6, 6.07) is 17.8. The second-order valence-corrected chi connectivity index (χ2v) is 7.77. The van der Waals surface area contributed by atoms with Gasteiger partial charge in [-0.1, -0.05) is 48.2 Å². The number of amides is 1. The van der Waals surface area contributed by atoms with Gasteiger partial charge in [-0.2, -0.15) is 0 Å². The second kappa shape index (κ2) is 9.58. The largest absolute Gasteiger partial charge is 0.340 e. The molecule has 6 heteroatoms. The van der Waals surface area contributed by atoms with E-state index in [1.165, 1.54) is 16.7 Å². The molecule has 0 atom stereocenters. The number of rotatable bonds is 4. The average Bonchev–Trinajstić information content (AvgIpc) is 2.68. The standard InChI is InChI=1S/C21H26N4OS/c1-17-8-6-7-11-19(17)23-20(26)16-27-21(22-18-9-4-3-5-10-18)25-14-12-24(2)13-15-25/h3-11H,12-16H2,1-2H3,(H,23,26)/p+1. The molecule has 2 aromatic carbocycles. The minimum Gasteiger partial charge on any atom is -0.340 e. The molecule has 1 aliphatic heterocycles. The Balaban J connectivity index is 1.67. The number of para-hydroxylation sites is 2. The smallest absolute Gasteiger partial charge is 0.234 e. The van der Waals surface area contributed by atoms with Gasteiger partial charge in [0.2, 0.25) is 5.91 Å². The van der Waals surface area contributed by atoms with Crippen molar-refractivity contribution in [3.63, 3.8) is 0 Å². The third-order valence-electron chi connectivity index (χ3n) is 4.62. The van der Waals surface area contributed by atoms with Crippen LogP contribution in [0.5, 0.6) is 0 Å². The number of piperazine rings is 1. The predicted octanol–water partition coefficient (Wildman–Crippen LogP) is 2.18. The van der Waals surface area contributed by atoms with Gasteiger partial charge in [-0.05, 0) is 30.7 Å². The van der Waals surface area contributed by atoms with Gasteiger partial charge in [0.05, 0.1) is 44.7 Å². The molecule has 27 heavy (non-hydrogen) atoms. The first-order valence-electron chi connectivity index (χ1n) is 9.30. The van der Waals surface area contributed by atoms with Gasteiger partial charge in [0.1, 0.15) is 0 Å². The molecular formula is C21H27N4OS+. The Morgan fingerprint density at radius 3 is 2.48 bits per heavy atom. The van der Waals surface area contributed by atoms with Crippen molar-refractivity contribution in [2.24, 2.45) is 4.99 Å². The molecule has 5 nitrogen and oxygen atoms in total. The number of carbonyl (C=O) groups is 1. The summed E-state index contributed by atoms with van der Waals surface area (Å²) in [4.78, 5) is 21.1. The van der Waals surface area contributed by atoms with Crippen LogP contribution < -0.4 is 10.2 Å². The maximum atomic E-state index is 12.4. The van der Waals surface area contributed by atoms with E-state index in [1.807, 2.05) is 61.5 Å². The zero-order chi connectivity index (χ0) is 19.1. The predicted molar refractivity (Wildman–Crippen MR) is 114 cm³/mol. The van der Waals surface area contributed by atoms with Crippen LogP contribution in [0.4, 0.5) is 11.4 Å². The summed E-state index contributed by atoms with van der Waals surface area (Å²) in [5.41, 5.74) is 2.86. The topological polar surface area (TPSA) is 49.1 Å². The number of nitrogens with one attached hydrogen (secondary N) is 2. The van der Waals surface area contributed by atoms with Crippen LogP contribution in [0.1, 0.15) is 5.56 Å². The van der Waals surface area contributed by atoms with E-state index in [-0.39, 0.29) is 5.91 Å². The lowest BCUT2D eigenvalue weighted by molar-refractivity contribution is -0.883. The molecule has 0 aliphatic carbocycles. The van der Waals surface area contributed by atoms with Gasteiger partial charge in [-0.25, -0.2) is 4.99 Å². The van der Waals surface area contributed by atoms with E-state index in [4.69, 9.17) is 4.99 Å². The van der Waals surface area contributed by atoms with E-state index >= 15 is 0 Å². The first-order valence-corrected chi connectivity index (χ1v) is 10.3. The molecule has 0 saturated carbocycles. The van der Waals surface area contributed by atoms with Crippen molar-refractivity contribution >= 4 is 34.2 Å². The van der Waals surface area contributed by atoms with E-state index in [9.17, 15) is 4.79 Å². The minimum absolute atomic E-state index is 0.00480. The quantitative estimate of drug-likeness (QED) is 0.629. The number of hydrogen-bond donors (Lipinski definition) is 2. The second-order valence-electron chi connectivity index (χ2n) is 6.83. The first-order chi connectivity index (χ1) is 13.1. The molecule has 1 fully saturated rings. The molecule has 1 saturated heterocycles. The number of benzene rings is 2. The van der Waals surface area contributed by atoms with Gasteiger partial charge in [0, 0.05) is 5.69 Å². The number of quaternary nitrogens is 1. The van der Waals surface area contributed by atoms with Gasteiger partial charge >= 0.3 is 0 Å². The fourth-order valence-electron chi connectivity index (χ4n) is 2.92. The molecule has 0 radical (unpaired) electrons. The number of thioether (sulfide) groups is 1. The molecular weight excluding hydrogens is 356 g/mol. The van der Waals surface area contributed by atoms with Gasteiger partial charge < -0.3 is 15.1 Å². The van der Waals surface area contributed by atoms with Crippen molar-refractivity contribution in [1.29, 1.82) is 0 Å². The molecule has 0 aromatic heterocycles. The van der Waals surface area contributed by atoms with E-state index < -0.39 is 0 Å². The number of nitrogens with zero attached hydrogens (tertiary/aromatic N) is 2. The number of amidine groups is 1. The highest BCUT2D eigenvalue weighted by molar-refractivity contribution is 8.14. The zero-order valence-electron chi connectivity index (χ0n) is 15.9. The summed E-state index contributed by atoms with van der Waals surface area (Å²) in [6.07, 6.45) is 0. The highest BCUT2D eigenvalue weighted by atomic mass is 32.2. The van der Waals surface area contributed by atoms with E-state index in [0.717, 1.165) is 48.3 Å². The Hall–Kier alpha value is -2.31. The van der Waals surface area contributed by atoms with Gasteiger partial charge in [0.15, 0.2) is 5.17 Å². The van der Waals surface area contributed by atoms with Crippen molar-refractivity contribution in [2.45, 2.75) is 6.92 Å². The number of anilines is 1. The van der Waals surface area contributed by atoms with Crippen LogP contribution in [0, 0.1) is 6.92 Å². The van der Waals surface area contributed by atoms with E-state index in [0.29, 0.717) is 5.75 Å². The fourth-order valence-corrected chi connectivity index (χ4v) is 3.78. The molecule has 1 heterocycles. The zero-order valence-corrected chi connectivity index (χ0v) is 16.8. The summed E-state index contributed by atoms with van der Waals surface area (Å²) in [7, 11) is 2.22. The Bertz CT molecular complexity index is 786. The number of aryl methyl sites for hydroxylation is 1. The minimum atomic E-state index is -0.00480. The van der Waals surface area contributed by atoms with Crippen molar-refractivity contribution in [2.75, 3.05) is 44.3 Å². The highest BCUT2D eigenvalue weighted by Gasteiger charge is 2.21. The summed E-state index contributed by atoms with van der Waals surface area (Å²) >= 11 is 1.51. The molecule has 1 amide bonds. The van der Waals surface area contributed by atoms with E-state index in [2.05, 4.69) is 17.3 Å². The van der Waals surface area contributed by atoms with Crippen LogP contribution in [0.15, 0.2) is 59.6 Å². The van der Waals surface area contributed by atoms with Gasteiger partial charge in [-0.15, -0.1) is 0 Å². The molecule has 3 rings (SSSR count). The van der Waals surface area contributed by atoms with Crippen LogP contribution in [0.3, 0.4) is 0 Å². The molecule has 2 N–H and O–H groups in total. The number of likely N-dealkylation sites (N-methyl/N-ethyl adjacent to an activating group) is 1. The lowest BCUT2D eigenvalue weighted by Gasteiger charge is -2.32. The van der Waals surface area contributed by atoms with E-state index in [1.54, 1.807) is 0 Å². The summed E-state index contributed by atoms with van der Waals surface area (Å²) in [5.74, 6) is 0.342. The lowest BCUT2D eigenvalue weighted by atomic mass is 10.2. The highest BCUT2D eigenvalue weighted by Crippen LogP contribution is 2.19. The lowest BCUT2D eigenvalue weighted by Crippen LogP contribution is -3.12. The third-order valence-corrected chi connectivity index (χ3v) is 5.63. The van der Waals surface area contributed by atoms with Gasteiger partial charge in [-0.3, -0.25) is 4.79 Å². The van der Waals surface area contributed by atoms with Crippen molar-refractivity contribution in [1.82, 2.24) is 4.90 Å².